The van der Waals surface area contributed by atoms with Crippen LogP contribution in [0.15, 0.2) is 133 Å². The molecule has 2 nitrogen and oxygen atoms in total. The van der Waals surface area contributed by atoms with Crippen molar-refractivity contribution in [1.82, 2.24) is 9.97 Å². The predicted molar refractivity (Wildman–Crippen MR) is 206 cm³/mol. The van der Waals surface area contributed by atoms with Gasteiger partial charge in [0, 0.05) is 16.0 Å². The van der Waals surface area contributed by atoms with Crippen LogP contribution in [0.5, 0.6) is 0 Å². The molecule has 5 aromatic carbocycles. The van der Waals surface area contributed by atoms with E-state index >= 15 is 0 Å². The maximum atomic E-state index is 5.09. The molecule has 0 atom stereocenters. The normalized spacial score (nSPS) is 13.4. The molecule has 0 N–H and O–H groups in total. The molecule has 2 aromatic heterocycles. The molecule has 0 bridgehead atoms. The lowest BCUT2D eigenvalue weighted by atomic mass is 9.78. The summed E-state index contributed by atoms with van der Waals surface area (Å²) >= 11 is 1.71. The number of nitrogens with zero attached hydrogens (tertiary/aromatic N) is 2. The highest BCUT2D eigenvalue weighted by Gasteiger charge is 2.23. The molecule has 0 saturated heterocycles. The lowest BCUT2D eigenvalue weighted by Gasteiger charge is -2.26. The van der Waals surface area contributed by atoms with Crippen molar-refractivity contribution < 1.29 is 0 Å². The Labute approximate surface area is 286 Å². The highest BCUT2D eigenvalue weighted by Crippen LogP contribution is 2.40. The van der Waals surface area contributed by atoms with Crippen molar-refractivity contribution in [2.45, 2.75) is 46.5 Å². The molecule has 0 aliphatic heterocycles. The fourth-order valence-corrected chi connectivity index (χ4v) is 8.60. The number of aromatic nitrogens is 2. The summed E-state index contributed by atoms with van der Waals surface area (Å²) in [5, 5.41) is 1.18. The first-order valence-electron chi connectivity index (χ1n) is 16.8. The Morgan fingerprint density at radius 3 is 2.04 bits per heavy atom. The van der Waals surface area contributed by atoms with Crippen LogP contribution in [-0.4, -0.2) is 9.97 Å². The molecule has 3 heteroatoms. The van der Waals surface area contributed by atoms with Crippen LogP contribution in [0.25, 0.3) is 48.2 Å². The van der Waals surface area contributed by atoms with Crippen LogP contribution >= 0.6 is 11.3 Å². The van der Waals surface area contributed by atoms with Crippen LogP contribution in [0.4, 0.5) is 0 Å². The zero-order chi connectivity index (χ0) is 32.8. The van der Waals surface area contributed by atoms with Gasteiger partial charge in [0.25, 0.3) is 0 Å². The second-order valence-corrected chi connectivity index (χ2v) is 14.2. The second kappa shape index (κ2) is 12.5. The third kappa shape index (κ3) is 5.59. The molecule has 48 heavy (non-hydrogen) atoms. The smallest absolute Gasteiger partial charge is 0.143 e. The lowest BCUT2D eigenvalue weighted by Crippen LogP contribution is -2.10. The fourth-order valence-electron chi connectivity index (χ4n) is 7.58. The molecule has 234 valence electrons. The summed E-state index contributed by atoms with van der Waals surface area (Å²) < 4.78 is 1.23. The minimum atomic E-state index is 0.297. The van der Waals surface area contributed by atoms with Gasteiger partial charge in [0.05, 0.1) is 11.0 Å². The summed E-state index contributed by atoms with van der Waals surface area (Å²) in [5.74, 6) is 0.297. The molecule has 0 radical (unpaired) electrons. The summed E-state index contributed by atoms with van der Waals surface area (Å²) in [5.41, 5.74) is 17.5. The molecule has 0 amide bonds. The van der Waals surface area contributed by atoms with Crippen LogP contribution in [0, 0.1) is 27.7 Å². The minimum Gasteiger partial charge on any atom is -0.243 e. The first-order chi connectivity index (χ1) is 23.4. The topological polar surface area (TPSA) is 25.8 Å². The Kier molecular flexibility index (Phi) is 7.86. The number of hydrogen-bond donors (Lipinski definition) is 0. The highest BCUT2D eigenvalue weighted by molar-refractivity contribution is 7.25. The van der Waals surface area contributed by atoms with E-state index in [1.807, 2.05) is 0 Å². The summed E-state index contributed by atoms with van der Waals surface area (Å²) in [4.78, 5) is 11.1. The number of hydrogen-bond acceptors (Lipinski definition) is 3. The molecule has 0 fully saturated rings. The van der Waals surface area contributed by atoms with E-state index in [2.05, 4.69) is 155 Å². The summed E-state index contributed by atoms with van der Waals surface area (Å²) in [6.07, 6.45) is 11.2. The van der Waals surface area contributed by atoms with Gasteiger partial charge in [0.1, 0.15) is 10.3 Å². The molecule has 0 spiro atoms. The monoisotopic (exact) mass is 638 g/mol. The number of rotatable bonds is 6. The molecule has 0 saturated carbocycles. The third-order valence-corrected chi connectivity index (χ3v) is 11.0. The Morgan fingerprint density at radius 1 is 0.625 bits per heavy atom. The molecular formula is C45H38N2S. The third-order valence-electron chi connectivity index (χ3n) is 9.94. The fraction of sp³-hybridized carbons (Fsp3) is 0.156. The average Bonchev–Trinajstić information content (AvgIpc) is 3.27. The number of fused-ring (bicyclic) bond motifs is 4. The Hall–Kier alpha value is -5.12. The van der Waals surface area contributed by atoms with E-state index in [-0.39, 0.29) is 0 Å². The van der Waals surface area contributed by atoms with Crippen LogP contribution < -0.4 is 0 Å². The first-order valence-corrected chi connectivity index (χ1v) is 17.6. The van der Waals surface area contributed by atoms with Crippen LogP contribution in [0.1, 0.15) is 57.7 Å². The molecule has 8 rings (SSSR count). The van der Waals surface area contributed by atoms with E-state index in [1.54, 1.807) is 11.3 Å². The van der Waals surface area contributed by atoms with Gasteiger partial charge in [-0.25, -0.2) is 9.97 Å². The molecule has 1 aliphatic rings. The Morgan fingerprint density at radius 2 is 1.29 bits per heavy atom. The number of thiophene rings is 1. The van der Waals surface area contributed by atoms with Gasteiger partial charge in [-0.1, -0.05) is 103 Å². The van der Waals surface area contributed by atoms with Gasteiger partial charge < -0.3 is 0 Å². The molecule has 7 aromatic rings. The zero-order valence-corrected chi connectivity index (χ0v) is 28.7. The van der Waals surface area contributed by atoms with Crippen LogP contribution in [0.2, 0.25) is 0 Å². The van der Waals surface area contributed by atoms with Crippen LogP contribution in [0.3, 0.4) is 0 Å². The zero-order valence-electron chi connectivity index (χ0n) is 27.9. The van der Waals surface area contributed by atoms with Crippen molar-refractivity contribution in [3.8, 4) is 11.1 Å². The van der Waals surface area contributed by atoms with E-state index in [9.17, 15) is 0 Å². The van der Waals surface area contributed by atoms with E-state index in [0.717, 1.165) is 39.8 Å². The average molecular weight is 639 g/mol. The quantitative estimate of drug-likeness (QED) is 0.181. The maximum Gasteiger partial charge on any atom is 0.143 e. The van der Waals surface area contributed by atoms with Gasteiger partial charge in [-0.2, -0.15) is 0 Å². The Balaban J connectivity index is 1.12. The molecule has 1 aliphatic carbocycles. The van der Waals surface area contributed by atoms with Crippen LogP contribution in [-0.2, 0) is 0 Å². The standard InChI is InChI=1S/C45H38N2S/c1-28-11-7-12-29(2)42(28)38(43-30(3)13-8-14-31(43)4)25-32-15-9-16-33(22-21-32)34-17-10-18-35(26-34)36-23-24-39-40(27-36)46-44-37-19-5-6-20-41(37)48-45(44)47-39/h5-15,17-24,26-27,38H,16,25H2,1-4H3. The summed E-state index contributed by atoms with van der Waals surface area (Å²) in [6.45, 7) is 9.05. The van der Waals surface area contributed by atoms with E-state index in [4.69, 9.17) is 9.97 Å². The maximum absolute atomic E-state index is 5.09. The Bertz CT molecular complexity index is 2360. The van der Waals surface area contributed by atoms with Gasteiger partial charge in [-0.05, 0) is 126 Å². The van der Waals surface area contributed by atoms with Gasteiger partial charge in [-0.15, -0.1) is 11.3 Å². The van der Waals surface area contributed by atoms with Crippen molar-refractivity contribution in [3.05, 3.63) is 172 Å². The van der Waals surface area contributed by atoms with Crippen molar-refractivity contribution in [2.24, 2.45) is 0 Å². The molecule has 2 heterocycles. The summed E-state index contributed by atoms with van der Waals surface area (Å²) in [7, 11) is 0. The van der Waals surface area contributed by atoms with Crippen molar-refractivity contribution in [1.29, 1.82) is 0 Å². The van der Waals surface area contributed by atoms with Crippen molar-refractivity contribution in [3.63, 3.8) is 0 Å². The van der Waals surface area contributed by atoms with Crippen molar-refractivity contribution >= 4 is 48.4 Å². The van der Waals surface area contributed by atoms with E-state index in [1.165, 1.54) is 65.7 Å². The van der Waals surface area contributed by atoms with Gasteiger partial charge in [0.15, 0.2) is 0 Å². The highest BCUT2D eigenvalue weighted by atomic mass is 32.1. The van der Waals surface area contributed by atoms with Gasteiger partial charge >= 0.3 is 0 Å². The lowest BCUT2D eigenvalue weighted by molar-refractivity contribution is 0.781. The molecule has 0 unspecified atom stereocenters. The number of allylic oxidation sites excluding steroid dienone is 6. The largest absolute Gasteiger partial charge is 0.243 e. The first kappa shape index (κ1) is 30.2. The van der Waals surface area contributed by atoms with E-state index < -0.39 is 0 Å². The van der Waals surface area contributed by atoms with Gasteiger partial charge in [0.2, 0.25) is 0 Å². The molecular weight excluding hydrogens is 601 g/mol. The number of benzene rings is 5. The van der Waals surface area contributed by atoms with E-state index in [0.29, 0.717) is 5.92 Å². The van der Waals surface area contributed by atoms with Crippen molar-refractivity contribution in [2.75, 3.05) is 0 Å². The second-order valence-electron chi connectivity index (χ2n) is 13.2. The summed E-state index contributed by atoms with van der Waals surface area (Å²) in [6, 6.07) is 37.3. The van der Waals surface area contributed by atoms with Gasteiger partial charge in [-0.3, -0.25) is 0 Å². The minimum absolute atomic E-state index is 0.297. The SMILES string of the molecule is Cc1cccc(C)c1C(CC1=CC=C(c2cccc(-c3ccc4nc5sc6ccccc6c5nc4c3)c2)CC=C1)c1c(C)cccc1C. The predicted octanol–water partition coefficient (Wildman–Crippen LogP) is 12.4. The number of aryl methyl sites for hydroxylation is 4.